The Morgan fingerprint density at radius 3 is 2.39 bits per heavy atom. The Morgan fingerprint density at radius 1 is 1.13 bits per heavy atom. The molecule has 0 saturated carbocycles. The molecule has 1 fully saturated rings. The highest BCUT2D eigenvalue weighted by atomic mass is 35.5. The van der Waals surface area contributed by atoms with E-state index in [-0.39, 0.29) is 12.0 Å². The summed E-state index contributed by atoms with van der Waals surface area (Å²) < 4.78 is 4.95. The van der Waals surface area contributed by atoms with Gasteiger partial charge in [-0.25, -0.2) is 4.79 Å². The largest absolute Gasteiger partial charge is 0.450 e. The van der Waals surface area contributed by atoms with E-state index in [0.717, 1.165) is 5.56 Å². The lowest BCUT2D eigenvalue weighted by atomic mass is 10.2. The van der Waals surface area contributed by atoms with Gasteiger partial charge in [-0.3, -0.25) is 4.79 Å². The molecular formula is C16H18Cl2N2O3. The molecule has 1 aromatic rings. The molecule has 124 valence electrons. The Balaban J connectivity index is 1.88. The average molecular weight is 357 g/mol. The van der Waals surface area contributed by atoms with E-state index >= 15 is 0 Å². The fourth-order valence-corrected chi connectivity index (χ4v) is 2.52. The van der Waals surface area contributed by atoms with Crippen molar-refractivity contribution in [2.24, 2.45) is 0 Å². The van der Waals surface area contributed by atoms with Gasteiger partial charge < -0.3 is 14.5 Å². The van der Waals surface area contributed by atoms with Crippen molar-refractivity contribution >= 4 is 41.3 Å². The highest BCUT2D eigenvalue weighted by Gasteiger charge is 2.23. The molecule has 0 atom stereocenters. The molecule has 0 radical (unpaired) electrons. The maximum Gasteiger partial charge on any atom is 0.409 e. The van der Waals surface area contributed by atoms with Gasteiger partial charge in [0.15, 0.2) is 0 Å². The third kappa shape index (κ3) is 4.88. The Morgan fingerprint density at radius 2 is 1.78 bits per heavy atom. The zero-order valence-corrected chi connectivity index (χ0v) is 14.3. The van der Waals surface area contributed by atoms with Crippen molar-refractivity contribution in [3.63, 3.8) is 0 Å². The second kappa shape index (κ2) is 8.22. The van der Waals surface area contributed by atoms with Crippen molar-refractivity contribution in [2.45, 2.75) is 6.92 Å². The van der Waals surface area contributed by atoms with Crippen LogP contribution in [0.4, 0.5) is 4.79 Å². The van der Waals surface area contributed by atoms with Crippen molar-refractivity contribution in [1.29, 1.82) is 0 Å². The van der Waals surface area contributed by atoms with E-state index in [1.165, 1.54) is 6.08 Å². The molecule has 1 aliphatic rings. The quantitative estimate of drug-likeness (QED) is 0.780. The van der Waals surface area contributed by atoms with Crippen LogP contribution < -0.4 is 0 Å². The van der Waals surface area contributed by atoms with Gasteiger partial charge in [0.2, 0.25) is 5.91 Å². The first-order valence-corrected chi connectivity index (χ1v) is 8.10. The number of carbonyl (C=O) groups is 2. The van der Waals surface area contributed by atoms with Crippen LogP contribution >= 0.6 is 23.2 Å². The Hall–Kier alpha value is -1.72. The highest BCUT2D eigenvalue weighted by molar-refractivity contribution is 6.42. The summed E-state index contributed by atoms with van der Waals surface area (Å²) in [5.41, 5.74) is 0.804. The Bertz CT molecular complexity index is 611. The summed E-state index contributed by atoms with van der Waals surface area (Å²) in [4.78, 5) is 27.1. The lowest BCUT2D eigenvalue weighted by molar-refractivity contribution is -0.127. The fourth-order valence-electron chi connectivity index (χ4n) is 2.21. The number of benzene rings is 1. The molecule has 5 nitrogen and oxygen atoms in total. The Labute approximate surface area is 145 Å². The third-order valence-electron chi connectivity index (χ3n) is 3.48. The average Bonchev–Trinajstić information content (AvgIpc) is 2.56. The molecule has 2 amide bonds. The van der Waals surface area contributed by atoms with Crippen LogP contribution in [0.25, 0.3) is 6.08 Å². The minimum atomic E-state index is -0.328. The van der Waals surface area contributed by atoms with Gasteiger partial charge >= 0.3 is 6.09 Å². The molecule has 0 aliphatic carbocycles. The fraction of sp³-hybridized carbons (Fsp3) is 0.375. The second-order valence-electron chi connectivity index (χ2n) is 5.02. The molecule has 0 N–H and O–H groups in total. The molecular weight excluding hydrogens is 339 g/mol. The van der Waals surface area contributed by atoms with Crippen LogP contribution in [-0.2, 0) is 9.53 Å². The lowest BCUT2D eigenvalue weighted by Gasteiger charge is -2.33. The highest BCUT2D eigenvalue weighted by Crippen LogP contribution is 2.23. The van der Waals surface area contributed by atoms with Crippen molar-refractivity contribution < 1.29 is 14.3 Å². The topological polar surface area (TPSA) is 49.9 Å². The number of piperazine rings is 1. The standard InChI is InChI=1S/C16H18Cl2N2O3/c1-2-23-16(22)20-9-7-19(8-10-20)15(21)6-4-12-3-5-13(17)14(18)11-12/h3-6,11H,2,7-10H2,1H3/b6-4+. The lowest BCUT2D eigenvalue weighted by Crippen LogP contribution is -2.50. The van der Waals surface area contributed by atoms with Crippen molar-refractivity contribution in [3.8, 4) is 0 Å². The van der Waals surface area contributed by atoms with Crippen LogP contribution in [0.2, 0.25) is 10.0 Å². The summed E-state index contributed by atoms with van der Waals surface area (Å²) in [6.45, 7) is 4.05. The molecule has 1 aliphatic heterocycles. The number of hydrogen-bond acceptors (Lipinski definition) is 3. The van der Waals surface area contributed by atoms with E-state index in [2.05, 4.69) is 0 Å². The zero-order chi connectivity index (χ0) is 16.8. The number of nitrogens with zero attached hydrogens (tertiary/aromatic N) is 2. The third-order valence-corrected chi connectivity index (χ3v) is 4.22. The number of amides is 2. The van der Waals surface area contributed by atoms with Crippen molar-refractivity contribution in [3.05, 3.63) is 39.9 Å². The molecule has 1 saturated heterocycles. The zero-order valence-electron chi connectivity index (χ0n) is 12.8. The van der Waals surface area contributed by atoms with Crippen LogP contribution in [0.3, 0.4) is 0 Å². The van der Waals surface area contributed by atoms with Gasteiger partial charge in [0.05, 0.1) is 16.7 Å². The molecule has 0 bridgehead atoms. The van der Waals surface area contributed by atoms with Gasteiger partial charge in [-0.1, -0.05) is 29.3 Å². The first-order valence-electron chi connectivity index (χ1n) is 7.35. The number of hydrogen-bond donors (Lipinski definition) is 0. The molecule has 0 unspecified atom stereocenters. The van der Waals surface area contributed by atoms with Gasteiger partial charge in [-0.05, 0) is 30.7 Å². The molecule has 0 spiro atoms. The predicted octanol–water partition coefficient (Wildman–Crippen LogP) is 3.31. The van der Waals surface area contributed by atoms with E-state index in [0.29, 0.717) is 42.8 Å². The van der Waals surface area contributed by atoms with Gasteiger partial charge in [0.25, 0.3) is 0 Å². The first-order chi connectivity index (χ1) is 11.0. The van der Waals surface area contributed by atoms with Crippen LogP contribution in [-0.4, -0.2) is 54.6 Å². The van der Waals surface area contributed by atoms with Gasteiger partial charge in [0, 0.05) is 32.3 Å². The number of carbonyl (C=O) groups excluding carboxylic acids is 2. The van der Waals surface area contributed by atoms with E-state index in [4.69, 9.17) is 27.9 Å². The molecule has 23 heavy (non-hydrogen) atoms. The predicted molar refractivity (Wildman–Crippen MR) is 90.7 cm³/mol. The van der Waals surface area contributed by atoms with Crippen molar-refractivity contribution in [1.82, 2.24) is 9.80 Å². The van der Waals surface area contributed by atoms with Crippen LogP contribution in [0.15, 0.2) is 24.3 Å². The molecule has 7 heteroatoms. The van der Waals surface area contributed by atoms with E-state index in [1.807, 2.05) is 0 Å². The van der Waals surface area contributed by atoms with Crippen LogP contribution in [0, 0.1) is 0 Å². The van der Waals surface area contributed by atoms with E-state index in [1.54, 1.807) is 41.0 Å². The van der Waals surface area contributed by atoms with Gasteiger partial charge in [-0.2, -0.15) is 0 Å². The SMILES string of the molecule is CCOC(=O)N1CCN(C(=O)/C=C/c2ccc(Cl)c(Cl)c2)CC1. The van der Waals surface area contributed by atoms with E-state index in [9.17, 15) is 9.59 Å². The minimum absolute atomic E-state index is 0.0976. The van der Waals surface area contributed by atoms with Crippen molar-refractivity contribution in [2.75, 3.05) is 32.8 Å². The number of halogens is 2. The summed E-state index contributed by atoms with van der Waals surface area (Å²) in [6, 6.07) is 5.18. The maximum absolute atomic E-state index is 12.2. The van der Waals surface area contributed by atoms with Crippen LogP contribution in [0.1, 0.15) is 12.5 Å². The summed E-state index contributed by atoms with van der Waals surface area (Å²) in [5, 5.41) is 0.926. The number of ether oxygens (including phenoxy) is 1. The summed E-state index contributed by atoms with van der Waals surface area (Å²) >= 11 is 11.8. The van der Waals surface area contributed by atoms with Crippen LogP contribution in [0.5, 0.6) is 0 Å². The summed E-state index contributed by atoms with van der Waals surface area (Å²) in [6.07, 6.45) is 2.87. The molecule has 1 heterocycles. The normalized spacial score (nSPS) is 15.1. The first kappa shape index (κ1) is 17.6. The monoisotopic (exact) mass is 356 g/mol. The Kier molecular flexibility index (Phi) is 6.30. The smallest absolute Gasteiger partial charge is 0.409 e. The second-order valence-corrected chi connectivity index (χ2v) is 5.83. The molecule has 1 aromatic carbocycles. The molecule has 0 aromatic heterocycles. The van der Waals surface area contributed by atoms with Gasteiger partial charge in [0.1, 0.15) is 0 Å². The van der Waals surface area contributed by atoms with Gasteiger partial charge in [-0.15, -0.1) is 0 Å². The molecule has 2 rings (SSSR count). The van der Waals surface area contributed by atoms with E-state index < -0.39 is 0 Å². The maximum atomic E-state index is 12.2. The minimum Gasteiger partial charge on any atom is -0.450 e. The summed E-state index contributed by atoms with van der Waals surface area (Å²) in [5.74, 6) is -0.0976. The number of rotatable bonds is 3. The summed E-state index contributed by atoms with van der Waals surface area (Å²) in [7, 11) is 0.